The van der Waals surface area contributed by atoms with E-state index in [2.05, 4.69) is 4.98 Å². The smallest absolute Gasteiger partial charge is 0.262 e. The molecule has 0 saturated carbocycles. The molecule has 0 N–H and O–H groups in total. The summed E-state index contributed by atoms with van der Waals surface area (Å²) in [4.78, 5) is 18.8. The maximum Gasteiger partial charge on any atom is 0.262 e. The Morgan fingerprint density at radius 3 is 2.45 bits per heavy atom. The number of nitrogens with zero attached hydrogens (tertiary/aromatic N) is 2. The van der Waals surface area contributed by atoms with E-state index in [9.17, 15) is 13.6 Å². The minimum Gasteiger partial charge on any atom is -0.292 e. The third kappa shape index (κ3) is 2.23. The first-order valence-corrected chi connectivity index (χ1v) is 7.62. The Bertz CT molecular complexity index is 923. The Balaban J connectivity index is 2.23. The lowest BCUT2D eigenvalue weighted by Crippen LogP contribution is -2.25. The van der Waals surface area contributed by atoms with Crippen molar-refractivity contribution in [3.63, 3.8) is 0 Å². The zero-order chi connectivity index (χ0) is 16.0. The number of halogens is 2. The highest BCUT2D eigenvalue weighted by Gasteiger charge is 2.17. The Morgan fingerprint density at radius 2 is 1.82 bits per heavy atom. The molecule has 1 aromatic carbocycles. The SMILES string of the molecule is Cc1sc2nc(C)n(Cc3c(F)cccc3F)c(=O)c2c1C. The average Bonchev–Trinajstić information content (AvgIpc) is 2.72. The zero-order valence-electron chi connectivity index (χ0n) is 12.4. The van der Waals surface area contributed by atoms with Crippen LogP contribution >= 0.6 is 11.3 Å². The van der Waals surface area contributed by atoms with Crippen LogP contribution in [0.1, 0.15) is 21.8 Å². The van der Waals surface area contributed by atoms with Gasteiger partial charge in [0.2, 0.25) is 0 Å². The summed E-state index contributed by atoms with van der Waals surface area (Å²) in [7, 11) is 0. The molecule has 0 unspecified atom stereocenters. The van der Waals surface area contributed by atoms with Crippen molar-refractivity contribution in [1.29, 1.82) is 0 Å². The maximum absolute atomic E-state index is 13.8. The second-order valence-corrected chi connectivity index (χ2v) is 6.42. The van der Waals surface area contributed by atoms with E-state index in [0.29, 0.717) is 16.0 Å². The number of aryl methyl sites for hydroxylation is 3. The van der Waals surface area contributed by atoms with Crippen molar-refractivity contribution in [3.05, 3.63) is 62.0 Å². The lowest BCUT2D eigenvalue weighted by Gasteiger charge is -2.11. The minimum atomic E-state index is -0.662. The fourth-order valence-electron chi connectivity index (χ4n) is 2.46. The van der Waals surface area contributed by atoms with Gasteiger partial charge in [0.05, 0.1) is 11.9 Å². The first-order valence-electron chi connectivity index (χ1n) is 6.80. The molecule has 114 valence electrons. The van der Waals surface area contributed by atoms with Gasteiger partial charge in [-0.3, -0.25) is 9.36 Å². The van der Waals surface area contributed by atoms with Crippen molar-refractivity contribution in [3.8, 4) is 0 Å². The first-order chi connectivity index (χ1) is 10.4. The van der Waals surface area contributed by atoms with Crippen LogP contribution in [0.5, 0.6) is 0 Å². The number of hydrogen-bond donors (Lipinski definition) is 0. The van der Waals surface area contributed by atoms with E-state index in [1.165, 1.54) is 34.1 Å². The van der Waals surface area contributed by atoms with Crippen LogP contribution < -0.4 is 5.56 Å². The molecule has 0 aliphatic rings. The molecule has 3 nitrogen and oxygen atoms in total. The Labute approximate surface area is 129 Å². The minimum absolute atomic E-state index is 0.126. The van der Waals surface area contributed by atoms with Gasteiger partial charge < -0.3 is 0 Å². The topological polar surface area (TPSA) is 34.9 Å². The lowest BCUT2D eigenvalue weighted by molar-refractivity contribution is 0.538. The van der Waals surface area contributed by atoms with E-state index >= 15 is 0 Å². The van der Waals surface area contributed by atoms with Crippen molar-refractivity contribution in [2.45, 2.75) is 27.3 Å². The van der Waals surface area contributed by atoms with E-state index in [1.54, 1.807) is 6.92 Å². The zero-order valence-corrected chi connectivity index (χ0v) is 13.2. The van der Waals surface area contributed by atoms with E-state index in [0.717, 1.165) is 10.4 Å². The average molecular weight is 320 g/mol. The van der Waals surface area contributed by atoms with Gasteiger partial charge in [-0.05, 0) is 38.5 Å². The molecule has 2 aromatic heterocycles. The quantitative estimate of drug-likeness (QED) is 0.721. The second-order valence-electron chi connectivity index (χ2n) is 5.21. The van der Waals surface area contributed by atoms with Gasteiger partial charge in [0.25, 0.3) is 5.56 Å². The number of thiophene rings is 1. The molecule has 22 heavy (non-hydrogen) atoms. The summed E-state index contributed by atoms with van der Waals surface area (Å²) in [5.41, 5.74) is 0.491. The molecule has 0 saturated heterocycles. The highest BCUT2D eigenvalue weighted by Crippen LogP contribution is 2.26. The lowest BCUT2D eigenvalue weighted by atomic mass is 10.2. The molecule has 0 amide bonds. The summed E-state index contributed by atoms with van der Waals surface area (Å²) in [6.45, 7) is 5.29. The third-order valence-corrected chi connectivity index (χ3v) is 4.96. The monoisotopic (exact) mass is 320 g/mol. The van der Waals surface area contributed by atoms with Crippen LogP contribution in [0.2, 0.25) is 0 Å². The van der Waals surface area contributed by atoms with Crippen LogP contribution in [-0.4, -0.2) is 9.55 Å². The van der Waals surface area contributed by atoms with Gasteiger partial charge >= 0.3 is 0 Å². The Kier molecular flexibility index (Phi) is 3.56. The summed E-state index contributed by atoms with van der Waals surface area (Å²) in [5, 5.41) is 0.532. The highest BCUT2D eigenvalue weighted by atomic mass is 32.1. The number of aromatic nitrogens is 2. The number of hydrogen-bond acceptors (Lipinski definition) is 3. The van der Waals surface area contributed by atoms with E-state index in [1.807, 2.05) is 13.8 Å². The second kappa shape index (κ2) is 5.28. The predicted octanol–water partition coefficient (Wildman–Crippen LogP) is 3.71. The van der Waals surface area contributed by atoms with Gasteiger partial charge in [0, 0.05) is 10.4 Å². The summed E-state index contributed by atoms with van der Waals surface area (Å²) in [6, 6.07) is 3.67. The summed E-state index contributed by atoms with van der Waals surface area (Å²) >= 11 is 1.46. The fourth-order valence-corrected chi connectivity index (χ4v) is 3.52. The summed E-state index contributed by atoms with van der Waals surface area (Å²) < 4.78 is 29.0. The number of fused-ring (bicyclic) bond motifs is 1. The molecule has 0 spiro atoms. The molecule has 2 heterocycles. The summed E-state index contributed by atoms with van der Waals surface area (Å²) in [5.74, 6) is -0.879. The highest BCUT2D eigenvalue weighted by molar-refractivity contribution is 7.18. The van der Waals surface area contributed by atoms with Gasteiger partial charge in [0.15, 0.2) is 0 Å². The Hall–Kier alpha value is -2.08. The van der Waals surface area contributed by atoms with Crippen LogP contribution in [0.4, 0.5) is 8.78 Å². The molecule has 0 radical (unpaired) electrons. The normalized spacial score (nSPS) is 11.3. The molecule has 0 bridgehead atoms. The van der Waals surface area contributed by atoms with Crippen LogP contribution in [0.15, 0.2) is 23.0 Å². The summed E-state index contributed by atoms with van der Waals surface area (Å²) in [6.07, 6.45) is 0. The molecule has 0 aliphatic carbocycles. The standard InChI is InChI=1S/C16H14F2N2OS/c1-8-9(2)22-15-14(8)16(21)20(10(3)19-15)7-11-12(17)5-4-6-13(11)18/h4-6H,7H2,1-3H3. The molecule has 3 rings (SSSR count). The van der Waals surface area contributed by atoms with E-state index in [-0.39, 0.29) is 17.7 Å². The van der Waals surface area contributed by atoms with Crippen molar-refractivity contribution in [2.75, 3.05) is 0 Å². The van der Waals surface area contributed by atoms with Crippen LogP contribution in [0, 0.1) is 32.4 Å². The number of benzene rings is 1. The van der Waals surface area contributed by atoms with Crippen molar-refractivity contribution in [1.82, 2.24) is 9.55 Å². The van der Waals surface area contributed by atoms with Gasteiger partial charge in [-0.25, -0.2) is 13.8 Å². The van der Waals surface area contributed by atoms with E-state index in [4.69, 9.17) is 0 Å². The molecule has 3 aromatic rings. The van der Waals surface area contributed by atoms with Gasteiger partial charge in [-0.2, -0.15) is 0 Å². The van der Waals surface area contributed by atoms with Crippen LogP contribution in [-0.2, 0) is 6.54 Å². The van der Waals surface area contributed by atoms with Gasteiger partial charge in [0.1, 0.15) is 22.3 Å². The van der Waals surface area contributed by atoms with E-state index < -0.39 is 11.6 Å². The van der Waals surface area contributed by atoms with Gasteiger partial charge in [-0.15, -0.1) is 11.3 Å². The predicted molar refractivity (Wildman–Crippen MR) is 83.6 cm³/mol. The molecule has 0 aliphatic heterocycles. The molecular weight excluding hydrogens is 306 g/mol. The fraction of sp³-hybridized carbons (Fsp3) is 0.250. The molecular formula is C16H14F2N2OS. The van der Waals surface area contributed by atoms with Crippen LogP contribution in [0.3, 0.4) is 0 Å². The van der Waals surface area contributed by atoms with Crippen molar-refractivity contribution in [2.24, 2.45) is 0 Å². The largest absolute Gasteiger partial charge is 0.292 e. The number of rotatable bonds is 2. The molecule has 6 heteroatoms. The van der Waals surface area contributed by atoms with Gasteiger partial charge in [-0.1, -0.05) is 6.07 Å². The maximum atomic E-state index is 13.8. The third-order valence-electron chi connectivity index (χ3n) is 3.86. The molecule has 0 fully saturated rings. The van der Waals surface area contributed by atoms with Crippen molar-refractivity contribution < 1.29 is 8.78 Å². The van der Waals surface area contributed by atoms with Crippen molar-refractivity contribution >= 4 is 21.6 Å². The van der Waals surface area contributed by atoms with Crippen LogP contribution in [0.25, 0.3) is 10.2 Å². The first kappa shape index (κ1) is 14.8. The molecule has 0 atom stereocenters. The Morgan fingerprint density at radius 1 is 1.18 bits per heavy atom.